The van der Waals surface area contributed by atoms with Gasteiger partial charge < -0.3 is 10.4 Å². The molecular formula is C14H19NO2. The minimum Gasteiger partial charge on any atom is -0.508 e. The van der Waals surface area contributed by atoms with Crippen molar-refractivity contribution in [2.24, 2.45) is 5.92 Å². The van der Waals surface area contributed by atoms with Gasteiger partial charge in [-0.15, -0.1) is 0 Å². The summed E-state index contributed by atoms with van der Waals surface area (Å²) in [6.07, 6.45) is 3.43. The minimum absolute atomic E-state index is 0.0842. The number of amides is 1. The molecule has 1 amide bonds. The molecule has 0 saturated heterocycles. The van der Waals surface area contributed by atoms with Crippen LogP contribution in [0, 0.1) is 12.8 Å². The first-order chi connectivity index (χ1) is 8.08. The van der Waals surface area contributed by atoms with Crippen LogP contribution in [0.15, 0.2) is 18.2 Å². The Balaban J connectivity index is 2.06. The average Bonchev–Trinajstić information content (AvgIpc) is 2.68. The number of hydrogen-bond donors (Lipinski definition) is 2. The summed E-state index contributed by atoms with van der Waals surface area (Å²) in [5, 5.41) is 12.6. The summed E-state index contributed by atoms with van der Waals surface area (Å²) < 4.78 is 0. The maximum Gasteiger partial charge on any atom is 0.251 e. The molecule has 2 rings (SSSR count). The molecule has 0 spiro atoms. The maximum atomic E-state index is 12.0. The molecule has 2 atom stereocenters. The number of rotatable bonds is 2. The number of carbonyl (C=O) groups excluding carboxylic acids is 1. The molecule has 0 aliphatic heterocycles. The highest BCUT2D eigenvalue weighted by atomic mass is 16.3. The first kappa shape index (κ1) is 12.0. The van der Waals surface area contributed by atoms with E-state index in [0.29, 0.717) is 11.5 Å². The molecule has 3 heteroatoms. The van der Waals surface area contributed by atoms with Gasteiger partial charge in [-0.25, -0.2) is 0 Å². The van der Waals surface area contributed by atoms with E-state index in [1.54, 1.807) is 12.1 Å². The van der Waals surface area contributed by atoms with Crippen molar-refractivity contribution < 1.29 is 9.90 Å². The van der Waals surface area contributed by atoms with Crippen molar-refractivity contribution in [3.8, 4) is 5.75 Å². The quantitative estimate of drug-likeness (QED) is 0.825. The molecule has 1 aliphatic carbocycles. The van der Waals surface area contributed by atoms with Crippen LogP contribution >= 0.6 is 0 Å². The Hall–Kier alpha value is -1.51. The average molecular weight is 233 g/mol. The standard InChI is InChI=1S/C14H19NO2/c1-9-4-3-5-12(9)15-14(17)11-7-6-10(2)13(16)8-11/h6-9,12,16H,3-5H2,1-2H3,(H,15,17). The molecule has 92 valence electrons. The fourth-order valence-electron chi connectivity index (χ4n) is 2.36. The fraction of sp³-hybridized carbons (Fsp3) is 0.500. The Kier molecular flexibility index (Phi) is 3.36. The number of carbonyl (C=O) groups is 1. The molecule has 1 fully saturated rings. The summed E-state index contributed by atoms with van der Waals surface area (Å²) >= 11 is 0. The predicted octanol–water partition coefficient (Wildman–Crippen LogP) is 2.62. The van der Waals surface area contributed by atoms with E-state index >= 15 is 0 Å². The van der Waals surface area contributed by atoms with Gasteiger partial charge >= 0.3 is 0 Å². The lowest BCUT2D eigenvalue weighted by Gasteiger charge is -2.17. The van der Waals surface area contributed by atoms with Crippen molar-refractivity contribution in [1.82, 2.24) is 5.32 Å². The van der Waals surface area contributed by atoms with Crippen LogP contribution in [0.4, 0.5) is 0 Å². The van der Waals surface area contributed by atoms with E-state index in [9.17, 15) is 9.90 Å². The molecule has 1 aliphatic rings. The maximum absolute atomic E-state index is 12.0. The van der Waals surface area contributed by atoms with Crippen molar-refractivity contribution >= 4 is 5.91 Å². The summed E-state index contributed by atoms with van der Waals surface area (Å²) in [6.45, 7) is 3.99. The van der Waals surface area contributed by atoms with Gasteiger partial charge in [0.25, 0.3) is 5.91 Å². The highest BCUT2D eigenvalue weighted by Gasteiger charge is 2.25. The van der Waals surface area contributed by atoms with Gasteiger partial charge in [0.1, 0.15) is 5.75 Å². The summed E-state index contributed by atoms with van der Waals surface area (Å²) in [7, 11) is 0. The Morgan fingerprint density at radius 3 is 2.76 bits per heavy atom. The van der Waals surface area contributed by atoms with Crippen LogP contribution < -0.4 is 5.32 Å². The molecule has 2 N–H and O–H groups in total. The second-order valence-corrected chi connectivity index (χ2v) is 4.99. The third-order valence-corrected chi connectivity index (χ3v) is 3.65. The molecular weight excluding hydrogens is 214 g/mol. The Labute approximate surface area is 102 Å². The monoisotopic (exact) mass is 233 g/mol. The van der Waals surface area contributed by atoms with Crippen molar-refractivity contribution in [1.29, 1.82) is 0 Å². The van der Waals surface area contributed by atoms with E-state index in [0.717, 1.165) is 12.0 Å². The lowest BCUT2D eigenvalue weighted by Crippen LogP contribution is -2.36. The van der Waals surface area contributed by atoms with Gasteiger partial charge in [0.05, 0.1) is 0 Å². The van der Waals surface area contributed by atoms with Crippen molar-refractivity contribution in [3.63, 3.8) is 0 Å². The Morgan fingerprint density at radius 1 is 1.41 bits per heavy atom. The van der Waals surface area contributed by atoms with Crippen LogP contribution in [-0.2, 0) is 0 Å². The number of phenolic OH excluding ortho intramolecular Hbond substituents is 1. The van der Waals surface area contributed by atoms with Gasteiger partial charge in [-0.05, 0) is 43.4 Å². The Morgan fingerprint density at radius 2 is 2.18 bits per heavy atom. The first-order valence-electron chi connectivity index (χ1n) is 6.18. The number of aryl methyl sites for hydroxylation is 1. The van der Waals surface area contributed by atoms with Crippen LogP contribution in [0.25, 0.3) is 0 Å². The van der Waals surface area contributed by atoms with Crippen LogP contribution in [0.5, 0.6) is 5.75 Å². The van der Waals surface area contributed by atoms with E-state index in [1.807, 2.05) is 6.92 Å². The van der Waals surface area contributed by atoms with Gasteiger partial charge in [0, 0.05) is 11.6 Å². The van der Waals surface area contributed by atoms with Gasteiger partial charge in [-0.2, -0.15) is 0 Å². The van der Waals surface area contributed by atoms with E-state index in [2.05, 4.69) is 12.2 Å². The van der Waals surface area contributed by atoms with Gasteiger partial charge in [0.2, 0.25) is 0 Å². The second kappa shape index (κ2) is 4.78. The lowest BCUT2D eigenvalue weighted by atomic mass is 10.1. The minimum atomic E-state index is -0.0842. The number of aromatic hydroxyl groups is 1. The van der Waals surface area contributed by atoms with Crippen LogP contribution in [0.1, 0.15) is 42.1 Å². The fourth-order valence-corrected chi connectivity index (χ4v) is 2.36. The largest absolute Gasteiger partial charge is 0.508 e. The highest BCUT2D eigenvalue weighted by molar-refractivity contribution is 5.94. The summed E-state index contributed by atoms with van der Waals surface area (Å²) in [5.74, 6) is 0.647. The zero-order valence-corrected chi connectivity index (χ0v) is 10.4. The molecule has 0 heterocycles. The third-order valence-electron chi connectivity index (χ3n) is 3.65. The summed E-state index contributed by atoms with van der Waals surface area (Å²) in [4.78, 5) is 12.0. The molecule has 1 aromatic carbocycles. The van der Waals surface area contributed by atoms with Crippen molar-refractivity contribution in [3.05, 3.63) is 29.3 Å². The molecule has 1 aromatic rings. The van der Waals surface area contributed by atoms with Crippen molar-refractivity contribution in [2.75, 3.05) is 0 Å². The van der Waals surface area contributed by atoms with Gasteiger partial charge in [0.15, 0.2) is 0 Å². The summed E-state index contributed by atoms with van der Waals surface area (Å²) in [5.41, 5.74) is 1.32. The van der Waals surface area contributed by atoms with Gasteiger partial charge in [-0.3, -0.25) is 4.79 Å². The molecule has 17 heavy (non-hydrogen) atoms. The van der Waals surface area contributed by atoms with Crippen LogP contribution in [0.3, 0.4) is 0 Å². The number of hydrogen-bond acceptors (Lipinski definition) is 2. The molecule has 1 saturated carbocycles. The molecule has 3 nitrogen and oxygen atoms in total. The SMILES string of the molecule is Cc1ccc(C(=O)NC2CCCC2C)cc1O. The molecule has 2 unspecified atom stereocenters. The van der Waals surface area contributed by atoms with E-state index < -0.39 is 0 Å². The molecule has 0 bridgehead atoms. The zero-order valence-electron chi connectivity index (χ0n) is 10.4. The lowest BCUT2D eigenvalue weighted by molar-refractivity contribution is 0.0929. The van der Waals surface area contributed by atoms with Crippen molar-refractivity contribution in [2.45, 2.75) is 39.2 Å². The van der Waals surface area contributed by atoms with E-state index in [1.165, 1.54) is 18.9 Å². The van der Waals surface area contributed by atoms with Crippen LogP contribution in [0.2, 0.25) is 0 Å². The highest BCUT2D eigenvalue weighted by Crippen LogP contribution is 2.25. The topological polar surface area (TPSA) is 49.3 Å². The second-order valence-electron chi connectivity index (χ2n) is 4.99. The van der Waals surface area contributed by atoms with Gasteiger partial charge in [-0.1, -0.05) is 19.4 Å². The normalized spacial score (nSPS) is 23.6. The van der Waals surface area contributed by atoms with E-state index in [-0.39, 0.29) is 17.7 Å². The smallest absolute Gasteiger partial charge is 0.251 e. The first-order valence-corrected chi connectivity index (χ1v) is 6.18. The third kappa shape index (κ3) is 2.60. The summed E-state index contributed by atoms with van der Waals surface area (Å²) in [6, 6.07) is 5.34. The Bertz CT molecular complexity index is 428. The number of benzene rings is 1. The van der Waals surface area contributed by atoms with Crippen LogP contribution in [-0.4, -0.2) is 17.1 Å². The van der Waals surface area contributed by atoms with E-state index in [4.69, 9.17) is 0 Å². The number of phenols is 1. The predicted molar refractivity (Wildman–Crippen MR) is 67.1 cm³/mol. The molecule has 0 radical (unpaired) electrons. The molecule has 0 aromatic heterocycles. The zero-order chi connectivity index (χ0) is 12.4. The number of nitrogens with one attached hydrogen (secondary N) is 1.